The molecule has 0 spiro atoms. The van der Waals surface area contributed by atoms with Crippen molar-refractivity contribution in [2.75, 3.05) is 13.7 Å². The lowest BCUT2D eigenvalue weighted by Gasteiger charge is -2.05. The molecule has 0 aromatic carbocycles. The molecule has 0 saturated carbocycles. The summed E-state index contributed by atoms with van der Waals surface area (Å²) < 4.78 is 12.0. The minimum atomic E-state index is -1.09. The summed E-state index contributed by atoms with van der Waals surface area (Å²) in [5.74, 6) is 0.415. The molecular formula is C12H15N3O4. The highest BCUT2D eigenvalue weighted by Gasteiger charge is 2.19. The second-order valence-electron chi connectivity index (χ2n) is 4.10. The zero-order valence-corrected chi connectivity index (χ0v) is 10.8. The molecule has 0 radical (unpaired) electrons. The molecule has 102 valence electrons. The van der Waals surface area contributed by atoms with Crippen LogP contribution in [0.25, 0.3) is 0 Å². The summed E-state index contributed by atoms with van der Waals surface area (Å²) in [6.45, 7) is 2.61. The Morgan fingerprint density at radius 3 is 2.89 bits per heavy atom. The highest BCUT2D eigenvalue weighted by atomic mass is 16.5. The summed E-state index contributed by atoms with van der Waals surface area (Å²) in [6.07, 6.45) is 0.435. The molecule has 0 aliphatic heterocycles. The van der Waals surface area contributed by atoms with Gasteiger partial charge in [0.25, 0.3) is 0 Å². The molecular weight excluding hydrogens is 250 g/mol. The molecule has 0 aliphatic rings. The van der Waals surface area contributed by atoms with Gasteiger partial charge in [0, 0.05) is 13.5 Å². The number of furan rings is 1. The van der Waals surface area contributed by atoms with E-state index in [9.17, 15) is 4.79 Å². The van der Waals surface area contributed by atoms with Crippen LogP contribution < -0.4 is 0 Å². The predicted molar refractivity (Wildman–Crippen MR) is 65.1 cm³/mol. The van der Waals surface area contributed by atoms with Crippen molar-refractivity contribution in [3.05, 3.63) is 35.0 Å². The van der Waals surface area contributed by atoms with E-state index in [4.69, 9.17) is 14.3 Å². The first-order valence-corrected chi connectivity index (χ1v) is 5.81. The Kier molecular flexibility index (Phi) is 3.96. The average Bonchev–Trinajstić information content (AvgIpc) is 2.94. The Bertz CT molecular complexity index is 573. The first-order chi connectivity index (χ1) is 9.11. The van der Waals surface area contributed by atoms with E-state index in [0.717, 1.165) is 5.76 Å². The van der Waals surface area contributed by atoms with Gasteiger partial charge < -0.3 is 14.3 Å². The van der Waals surface area contributed by atoms with Gasteiger partial charge in [-0.3, -0.25) is 0 Å². The normalized spacial score (nSPS) is 10.8. The molecule has 2 aromatic heterocycles. The fraction of sp³-hybridized carbons (Fsp3) is 0.417. The molecule has 0 fully saturated rings. The third kappa shape index (κ3) is 3.00. The molecule has 0 aliphatic carbocycles. The van der Waals surface area contributed by atoms with Crippen LogP contribution in [0.1, 0.15) is 27.7 Å². The number of aryl methyl sites for hydroxylation is 1. The molecule has 7 heteroatoms. The van der Waals surface area contributed by atoms with E-state index < -0.39 is 5.97 Å². The lowest BCUT2D eigenvalue weighted by molar-refractivity contribution is 0.0688. The number of carbonyl (C=O) groups is 1. The van der Waals surface area contributed by atoms with E-state index in [-0.39, 0.29) is 5.69 Å². The van der Waals surface area contributed by atoms with Gasteiger partial charge in [0.2, 0.25) is 0 Å². The summed E-state index contributed by atoms with van der Waals surface area (Å²) >= 11 is 0. The quantitative estimate of drug-likeness (QED) is 0.841. The summed E-state index contributed by atoms with van der Waals surface area (Å²) in [5.41, 5.74) is 0.490. The van der Waals surface area contributed by atoms with Crippen LogP contribution in [0.2, 0.25) is 0 Å². The maximum absolute atomic E-state index is 11.1. The lowest BCUT2D eigenvalue weighted by atomic mass is 10.2. The fourth-order valence-corrected chi connectivity index (χ4v) is 1.79. The Labute approximate surface area is 109 Å². The van der Waals surface area contributed by atoms with Gasteiger partial charge in [0.05, 0.1) is 12.3 Å². The van der Waals surface area contributed by atoms with Crippen LogP contribution >= 0.6 is 0 Å². The third-order valence-corrected chi connectivity index (χ3v) is 2.68. The molecule has 0 bridgehead atoms. The number of nitrogens with zero attached hydrogens (tertiary/aromatic N) is 3. The Balaban J connectivity index is 2.26. The zero-order valence-electron chi connectivity index (χ0n) is 10.8. The second kappa shape index (κ2) is 5.66. The monoisotopic (exact) mass is 265 g/mol. The molecule has 1 N–H and O–H groups in total. The molecule has 0 saturated heterocycles. The number of aromatic carboxylic acids is 1. The maximum Gasteiger partial charge on any atom is 0.358 e. The van der Waals surface area contributed by atoms with Crippen LogP contribution in [0.5, 0.6) is 0 Å². The summed E-state index contributed by atoms with van der Waals surface area (Å²) in [7, 11) is 1.56. The van der Waals surface area contributed by atoms with Crippen molar-refractivity contribution < 1.29 is 19.1 Å². The van der Waals surface area contributed by atoms with E-state index in [2.05, 4.69) is 10.3 Å². The number of ether oxygens (including phenoxy) is 1. The van der Waals surface area contributed by atoms with Crippen LogP contribution in [0.3, 0.4) is 0 Å². The molecule has 2 heterocycles. The SMILES string of the molecule is COCCc1c(C(=O)O)nnn1Cc1ccc(C)o1. The second-order valence-corrected chi connectivity index (χ2v) is 4.10. The molecule has 0 unspecified atom stereocenters. The van der Waals surface area contributed by atoms with Crippen molar-refractivity contribution >= 4 is 5.97 Å². The van der Waals surface area contributed by atoms with Crippen LogP contribution in [0.4, 0.5) is 0 Å². The summed E-state index contributed by atoms with van der Waals surface area (Å²) in [4.78, 5) is 11.1. The first-order valence-electron chi connectivity index (χ1n) is 5.81. The van der Waals surface area contributed by atoms with Gasteiger partial charge in [-0.05, 0) is 19.1 Å². The van der Waals surface area contributed by atoms with Crippen molar-refractivity contribution in [1.29, 1.82) is 0 Å². The van der Waals surface area contributed by atoms with Gasteiger partial charge in [0.15, 0.2) is 5.69 Å². The minimum absolute atomic E-state index is 0.0414. The largest absolute Gasteiger partial charge is 0.476 e. The van der Waals surface area contributed by atoms with E-state index in [0.29, 0.717) is 31.0 Å². The van der Waals surface area contributed by atoms with E-state index in [1.807, 2.05) is 19.1 Å². The summed E-state index contributed by atoms with van der Waals surface area (Å²) in [5, 5.41) is 16.6. The Hall–Kier alpha value is -2.15. The third-order valence-electron chi connectivity index (χ3n) is 2.68. The van der Waals surface area contributed by atoms with Gasteiger partial charge in [-0.25, -0.2) is 9.48 Å². The van der Waals surface area contributed by atoms with E-state index in [1.165, 1.54) is 4.68 Å². The fourth-order valence-electron chi connectivity index (χ4n) is 1.79. The van der Waals surface area contributed by atoms with Crippen LogP contribution in [-0.4, -0.2) is 39.8 Å². The summed E-state index contributed by atoms with van der Waals surface area (Å²) in [6, 6.07) is 3.68. The Morgan fingerprint density at radius 2 is 2.32 bits per heavy atom. The van der Waals surface area contributed by atoms with Crippen LogP contribution in [-0.2, 0) is 17.7 Å². The van der Waals surface area contributed by atoms with Crippen molar-refractivity contribution in [3.63, 3.8) is 0 Å². The number of carboxylic acid groups (broad SMARTS) is 1. The zero-order chi connectivity index (χ0) is 13.8. The van der Waals surface area contributed by atoms with Gasteiger partial charge in [0.1, 0.15) is 18.1 Å². The molecule has 2 aromatic rings. The van der Waals surface area contributed by atoms with Gasteiger partial charge in [-0.15, -0.1) is 5.10 Å². The molecule has 19 heavy (non-hydrogen) atoms. The van der Waals surface area contributed by atoms with Gasteiger partial charge >= 0.3 is 5.97 Å². The van der Waals surface area contributed by atoms with Crippen LogP contribution in [0, 0.1) is 6.92 Å². The number of hydrogen-bond donors (Lipinski definition) is 1. The highest BCUT2D eigenvalue weighted by molar-refractivity contribution is 5.86. The molecule has 7 nitrogen and oxygen atoms in total. The number of hydrogen-bond acceptors (Lipinski definition) is 5. The number of aromatic nitrogens is 3. The van der Waals surface area contributed by atoms with Crippen molar-refractivity contribution in [2.24, 2.45) is 0 Å². The number of rotatable bonds is 6. The van der Waals surface area contributed by atoms with Gasteiger partial charge in [-0.2, -0.15) is 0 Å². The van der Waals surface area contributed by atoms with Crippen LogP contribution in [0.15, 0.2) is 16.5 Å². The number of methoxy groups -OCH3 is 1. The maximum atomic E-state index is 11.1. The molecule has 2 rings (SSSR count). The topological polar surface area (TPSA) is 90.4 Å². The van der Waals surface area contributed by atoms with Crippen molar-refractivity contribution in [1.82, 2.24) is 15.0 Å². The standard InChI is InChI=1S/C12H15N3O4/c1-8-3-4-9(19-8)7-15-10(5-6-18-2)11(12(16)17)13-14-15/h3-4H,5-7H2,1-2H3,(H,16,17). The minimum Gasteiger partial charge on any atom is -0.476 e. The first kappa shape index (κ1) is 13.3. The smallest absolute Gasteiger partial charge is 0.358 e. The average molecular weight is 265 g/mol. The van der Waals surface area contributed by atoms with E-state index >= 15 is 0 Å². The van der Waals surface area contributed by atoms with Gasteiger partial charge in [-0.1, -0.05) is 5.21 Å². The van der Waals surface area contributed by atoms with Crippen molar-refractivity contribution in [2.45, 2.75) is 19.9 Å². The molecule has 0 atom stereocenters. The predicted octanol–water partition coefficient (Wildman–Crippen LogP) is 1.11. The van der Waals surface area contributed by atoms with Crippen molar-refractivity contribution in [3.8, 4) is 0 Å². The highest BCUT2D eigenvalue weighted by Crippen LogP contribution is 2.12. The Morgan fingerprint density at radius 1 is 1.53 bits per heavy atom. The van der Waals surface area contributed by atoms with E-state index in [1.54, 1.807) is 7.11 Å². The lowest BCUT2D eigenvalue weighted by Crippen LogP contribution is -2.11. The molecule has 0 amide bonds. The number of carboxylic acids is 1.